The molecular formula is C19H25ClN2O. The number of hydrogen-bond acceptors (Lipinski definition) is 2. The van der Waals surface area contributed by atoms with Crippen molar-refractivity contribution in [3.05, 3.63) is 34.9 Å². The molecule has 0 unspecified atom stereocenters. The van der Waals surface area contributed by atoms with Crippen LogP contribution in [0.2, 0.25) is 5.02 Å². The third-order valence-corrected chi connectivity index (χ3v) is 6.44. The number of carbonyl (C=O) groups excluding carboxylic acids is 1. The number of halogens is 1. The Morgan fingerprint density at radius 2 is 1.65 bits per heavy atom. The Labute approximate surface area is 143 Å². The maximum atomic E-state index is 13.5. The second-order valence-corrected chi connectivity index (χ2v) is 7.97. The van der Waals surface area contributed by atoms with E-state index in [4.69, 9.17) is 11.6 Å². The van der Waals surface area contributed by atoms with Crippen molar-refractivity contribution in [2.75, 3.05) is 26.2 Å². The van der Waals surface area contributed by atoms with Crippen molar-refractivity contribution in [1.29, 1.82) is 0 Å². The SMILES string of the molecule is O=C(N1C[C@H]2CNC[C@H]2C1)C1(c2ccc(Cl)cc2)CCCCC1. The zero-order valence-electron chi connectivity index (χ0n) is 13.6. The Kier molecular flexibility index (Phi) is 4.10. The maximum absolute atomic E-state index is 13.5. The average Bonchev–Trinajstić information content (AvgIpc) is 3.17. The molecule has 3 fully saturated rings. The van der Waals surface area contributed by atoms with E-state index in [1.54, 1.807) is 0 Å². The van der Waals surface area contributed by atoms with Gasteiger partial charge in [-0.2, -0.15) is 0 Å². The summed E-state index contributed by atoms with van der Waals surface area (Å²) in [5.41, 5.74) is 0.858. The first-order chi connectivity index (χ1) is 11.2. The molecule has 3 nitrogen and oxygen atoms in total. The number of amides is 1. The van der Waals surface area contributed by atoms with Gasteiger partial charge in [-0.3, -0.25) is 4.79 Å². The monoisotopic (exact) mass is 332 g/mol. The van der Waals surface area contributed by atoms with E-state index in [0.29, 0.717) is 17.7 Å². The van der Waals surface area contributed by atoms with Crippen LogP contribution in [0.25, 0.3) is 0 Å². The largest absolute Gasteiger partial charge is 0.341 e. The minimum Gasteiger partial charge on any atom is -0.341 e. The molecule has 1 aromatic carbocycles. The van der Waals surface area contributed by atoms with Crippen LogP contribution in [0.1, 0.15) is 37.7 Å². The molecule has 0 aromatic heterocycles. The minimum absolute atomic E-state index is 0.311. The number of rotatable bonds is 2. The average molecular weight is 333 g/mol. The highest BCUT2D eigenvalue weighted by Gasteiger charge is 2.47. The standard InChI is InChI=1S/C19H25ClN2O/c20-17-6-4-16(5-7-17)19(8-2-1-3-9-19)18(23)22-12-14-10-21-11-15(14)13-22/h4-7,14-15,21H,1-3,8-13H2/t14-,15+. The van der Waals surface area contributed by atoms with Gasteiger partial charge in [-0.25, -0.2) is 0 Å². The molecule has 23 heavy (non-hydrogen) atoms. The Hall–Kier alpha value is -1.06. The van der Waals surface area contributed by atoms with Crippen LogP contribution in [0, 0.1) is 11.8 Å². The zero-order valence-corrected chi connectivity index (χ0v) is 14.3. The lowest BCUT2D eigenvalue weighted by atomic mass is 9.68. The summed E-state index contributed by atoms with van der Waals surface area (Å²) >= 11 is 6.07. The van der Waals surface area contributed by atoms with Gasteiger partial charge in [0, 0.05) is 31.2 Å². The fourth-order valence-electron chi connectivity index (χ4n) is 4.87. The Morgan fingerprint density at radius 1 is 1.04 bits per heavy atom. The summed E-state index contributed by atoms with van der Waals surface area (Å²) in [6.07, 6.45) is 5.51. The molecule has 2 saturated heterocycles. The summed E-state index contributed by atoms with van der Waals surface area (Å²) in [6, 6.07) is 8.01. The summed E-state index contributed by atoms with van der Waals surface area (Å²) in [6.45, 7) is 4.02. The van der Waals surface area contributed by atoms with Crippen LogP contribution >= 0.6 is 11.6 Å². The van der Waals surface area contributed by atoms with E-state index in [9.17, 15) is 4.79 Å². The summed E-state index contributed by atoms with van der Waals surface area (Å²) in [5, 5.41) is 4.20. The first-order valence-corrected chi connectivity index (χ1v) is 9.33. The molecule has 0 bridgehead atoms. The Bertz CT molecular complexity index is 568. The summed E-state index contributed by atoms with van der Waals surface area (Å²) in [5.74, 6) is 1.68. The molecule has 1 aromatic rings. The number of fused-ring (bicyclic) bond motifs is 1. The van der Waals surface area contributed by atoms with Crippen molar-refractivity contribution in [1.82, 2.24) is 10.2 Å². The smallest absolute Gasteiger partial charge is 0.233 e. The van der Waals surface area contributed by atoms with E-state index in [1.165, 1.54) is 12.0 Å². The third kappa shape index (κ3) is 2.68. The van der Waals surface area contributed by atoms with Crippen LogP contribution in [0.4, 0.5) is 0 Å². The molecule has 2 heterocycles. The van der Waals surface area contributed by atoms with Gasteiger partial charge in [0.2, 0.25) is 5.91 Å². The van der Waals surface area contributed by atoms with Crippen molar-refractivity contribution < 1.29 is 4.79 Å². The molecule has 4 heteroatoms. The number of likely N-dealkylation sites (tertiary alicyclic amines) is 1. The second-order valence-electron chi connectivity index (χ2n) is 7.54. The molecule has 3 aliphatic rings. The van der Waals surface area contributed by atoms with Crippen LogP contribution in [-0.4, -0.2) is 37.0 Å². The number of benzene rings is 1. The predicted molar refractivity (Wildman–Crippen MR) is 92.6 cm³/mol. The van der Waals surface area contributed by atoms with E-state index in [2.05, 4.69) is 22.3 Å². The molecule has 0 spiro atoms. The molecule has 1 amide bonds. The van der Waals surface area contributed by atoms with Crippen LogP contribution < -0.4 is 5.32 Å². The lowest BCUT2D eigenvalue weighted by molar-refractivity contribution is -0.138. The maximum Gasteiger partial charge on any atom is 0.233 e. The molecule has 1 saturated carbocycles. The Balaban J connectivity index is 1.63. The highest BCUT2D eigenvalue weighted by Crippen LogP contribution is 2.43. The minimum atomic E-state index is -0.311. The summed E-state index contributed by atoms with van der Waals surface area (Å²) < 4.78 is 0. The van der Waals surface area contributed by atoms with Crippen LogP contribution in [0.5, 0.6) is 0 Å². The quantitative estimate of drug-likeness (QED) is 0.902. The molecule has 0 radical (unpaired) electrons. The molecule has 2 aliphatic heterocycles. The fraction of sp³-hybridized carbons (Fsp3) is 0.632. The van der Waals surface area contributed by atoms with Gasteiger partial charge < -0.3 is 10.2 Å². The van der Waals surface area contributed by atoms with Gasteiger partial charge in [0.05, 0.1) is 5.41 Å². The van der Waals surface area contributed by atoms with E-state index in [0.717, 1.165) is 56.9 Å². The van der Waals surface area contributed by atoms with E-state index in [1.807, 2.05) is 12.1 Å². The molecule has 2 atom stereocenters. The van der Waals surface area contributed by atoms with Gasteiger partial charge >= 0.3 is 0 Å². The second kappa shape index (κ2) is 6.10. The number of nitrogens with one attached hydrogen (secondary N) is 1. The van der Waals surface area contributed by atoms with E-state index >= 15 is 0 Å². The molecular weight excluding hydrogens is 308 g/mol. The lowest BCUT2D eigenvalue weighted by Crippen LogP contribution is -2.48. The number of nitrogens with zero attached hydrogens (tertiary/aromatic N) is 1. The summed E-state index contributed by atoms with van der Waals surface area (Å²) in [4.78, 5) is 15.7. The fourth-order valence-corrected chi connectivity index (χ4v) is 5.00. The normalized spacial score (nSPS) is 29.5. The van der Waals surface area contributed by atoms with Gasteiger partial charge in [0.1, 0.15) is 0 Å². The van der Waals surface area contributed by atoms with Crippen LogP contribution in [-0.2, 0) is 10.2 Å². The lowest BCUT2D eigenvalue weighted by Gasteiger charge is -2.39. The van der Waals surface area contributed by atoms with Gasteiger partial charge in [-0.05, 0) is 42.4 Å². The first kappa shape index (κ1) is 15.5. The van der Waals surface area contributed by atoms with Gasteiger partial charge in [0.25, 0.3) is 0 Å². The summed E-state index contributed by atoms with van der Waals surface area (Å²) in [7, 11) is 0. The number of carbonyl (C=O) groups is 1. The molecule has 1 aliphatic carbocycles. The van der Waals surface area contributed by atoms with Gasteiger partial charge in [-0.1, -0.05) is 43.0 Å². The first-order valence-electron chi connectivity index (χ1n) is 8.95. The van der Waals surface area contributed by atoms with Crippen molar-refractivity contribution in [3.63, 3.8) is 0 Å². The third-order valence-electron chi connectivity index (χ3n) is 6.19. The van der Waals surface area contributed by atoms with Crippen LogP contribution in [0.3, 0.4) is 0 Å². The molecule has 4 rings (SSSR count). The molecule has 1 N–H and O–H groups in total. The zero-order chi connectivity index (χ0) is 15.9. The van der Waals surface area contributed by atoms with Gasteiger partial charge in [-0.15, -0.1) is 0 Å². The van der Waals surface area contributed by atoms with E-state index < -0.39 is 0 Å². The highest BCUT2D eigenvalue weighted by atomic mass is 35.5. The van der Waals surface area contributed by atoms with Gasteiger partial charge in [0.15, 0.2) is 0 Å². The van der Waals surface area contributed by atoms with Crippen molar-refractivity contribution in [3.8, 4) is 0 Å². The Morgan fingerprint density at radius 3 is 2.26 bits per heavy atom. The van der Waals surface area contributed by atoms with Crippen LogP contribution in [0.15, 0.2) is 24.3 Å². The van der Waals surface area contributed by atoms with Crippen molar-refractivity contribution in [2.24, 2.45) is 11.8 Å². The number of hydrogen-bond donors (Lipinski definition) is 1. The van der Waals surface area contributed by atoms with Crippen molar-refractivity contribution in [2.45, 2.75) is 37.5 Å². The van der Waals surface area contributed by atoms with Crippen molar-refractivity contribution >= 4 is 17.5 Å². The highest BCUT2D eigenvalue weighted by molar-refractivity contribution is 6.30. The topological polar surface area (TPSA) is 32.3 Å². The predicted octanol–water partition coefficient (Wildman–Crippen LogP) is 3.22. The van der Waals surface area contributed by atoms with E-state index in [-0.39, 0.29) is 5.41 Å². The molecule has 124 valence electrons.